The number of hydrogen-bond donors (Lipinski definition) is 1. The summed E-state index contributed by atoms with van der Waals surface area (Å²) in [5.41, 5.74) is 1.47. The van der Waals surface area contributed by atoms with E-state index in [1.807, 2.05) is 32.2 Å². The van der Waals surface area contributed by atoms with Crippen LogP contribution >= 0.6 is 0 Å². The van der Waals surface area contributed by atoms with Gasteiger partial charge in [0.1, 0.15) is 0 Å². The van der Waals surface area contributed by atoms with Crippen LogP contribution in [0.5, 0.6) is 0 Å². The van der Waals surface area contributed by atoms with Crippen LogP contribution in [0.4, 0.5) is 0 Å². The fraction of sp³-hybridized carbons (Fsp3) is 0.571. The van der Waals surface area contributed by atoms with Gasteiger partial charge >= 0.3 is 0 Å². The van der Waals surface area contributed by atoms with Crippen molar-refractivity contribution in [3.8, 4) is 0 Å². The lowest BCUT2D eigenvalue weighted by molar-refractivity contribution is 0.339. The van der Waals surface area contributed by atoms with Gasteiger partial charge in [0.15, 0.2) is 0 Å². The Morgan fingerprint density at radius 1 is 1.33 bits per heavy atom. The Kier molecular flexibility index (Phi) is 6.26. The lowest BCUT2D eigenvalue weighted by Gasteiger charge is -2.26. The molecule has 86 valence electrons. The summed E-state index contributed by atoms with van der Waals surface area (Å²) in [6.45, 7) is 12.9. The molecule has 1 N–H and O–H groups in total. The average molecular weight is 207 g/mol. The van der Waals surface area contributed by atoms with Crippen LogP contribution in [0.3, 0.4) is 0 Å². The fourth-order valence-corrected chi connectivity index (χ4v) is 1.44. The summed E-state index contributed by atoms with van der Waals surface area (Å²) >= 11 is 0. The summed E-state index contributed by atoms with van der Waals surface area (Å²) < 4.78 is 0. The van der Waals surface area contributed by atoms with Crippen molar-refractivity contribution in [2.24, 2.45) is 5.41 Å². The van der Waals surface area contributed by atoms with Gasteiger partial charge in [-0.2, -0.15) is 0 Å². The highest BCUT2D eigenvalue weighted by atomic mass is 14.9. The first kappa shape index (κ1) is 14.2. The molecule has 0 aliphatic heterocycles. The SMILES string of the molecule is C=C(/C=C\C=C/C)C(CC(C)(C)C)NC. The summed E-state index contributed by atoms with van der Waals surface area (Å²) in [6.07, 6.45) is 9.25. The van der Waals surface area contributed by atoms with E-state index in [1.54, 1.807) is 0 Å². The Balaban J connectivity index is 4.35. The molecule has 0 amide bonds. The summed E-state index contributed by atoms with van der Waals surface area (Å²) in [5, 5.41) is 3.31. The Morgan fingerprint density at radius 3 is 2.33 bits per heavy atom. The molecule has 0 aromatic carbocycles. The van der Waals surface area contributed by atoms with Crippen LogP contribution in [0.2, 0.25) is 0 Å². The molecule has 0 spiro atoms. The van der Waals surface area contributed by atoms with Crippen molar-refractivity contribution in [2.45, 2.75) is 40.2 Å². The molecule has 0 aliphatic rings. The third-order valence-corrected chi connectivity index (χ3v) is 2.23. The second-order valence-corrected chi connectivity index (χ2v) is 5.07. The summed E-state index contributed by atoms with van der Waals surface area (Å²) in [6, 6.07) is 0.367. The van der Waals surface area contributed by atoms with Gasteiger partial charge in [-0.15, -0.1) is 0 Å². The van der Waals surface area contributed by atoms with Crippen molar-refractivity contribution in [1.82, 2.24) is 5.32 Å². The van der Waals surface area contributed by atoms with Crippen molar-refractivity contribution in [3.05, 3.63) is 36.5 Å². The molecular formula is C14H25N. The van der Waals surface area contributed by atoms with Crippen molar-refractivity contribution in [1.29, 1.82) is 0 Å². The molecule has 0 rings (SSSR count). The molecular weight excluding hydrogens is 182 g/mol. The molecule has 0 fully saturated rings. The molecule has 0 aliphatic carbocycles. The second-order valence-electron chi connectivity index (χ2n) is 5.07. The molecule has 0 aromatic heterocycles. The van der Waals surface area contributed by atoms with E-state index in [0.29, 0.717) is 11.5 Å². The lowest BCUT2D eigenvalue weighted by Crippen LogP contribution is -2.30. The largest absolute Gasteiger partial charge is 0.313 e. The zero-order valence-corrected chi connectivity index (χ0v) is 10.8. The fourth-order valence-electron chi connectivity index (χ4n) is 1.44. The van der Waals surface area contributed by atoms with E-state index in [-0.39, 0.29) is 0 Å². The van der Waals surface area contributed by atoms with Gasteiger partial charge in [0, 0.05) is 6.04 Å². The van der Waals surface area contributed by atoms with E-state index in [9.17, 15) is 0 Å². The first-order valence-corrected chi connectivity index (χ1v) is 5.56. The summed E-state index contributed by atoms with van der Waals surface area (Å²) in [4.78, 5) is 0. The standard InChI is InChI=1S/C14H25N/c1-7-8-9-10-12(2)13(15-6)11-14(3,4)5/h7-10,13,15H,2,11H2,1,3-6H3/b8-7-,10-9-. The van der Waals surface area contributed by atoms with Crippen molar-refractivity contribution < 1.29 is 0 Å². The van der Waals surface area contributed by atoms with Gasteiger partial charge in [0.05, 0.1) is 0 Å². The minimum Gasteiger partial charge on any atom is -0.313 e. The minimum absolute atomic E-state index is 0.324. The Labute approximate surface area is 95.0 Å². The molecule has 1 atom stereocenters. The molecule has 15 heavy (non-hydrogen) atoms. The van der Waals surface area contributed by atoms with E-state index in [4.69, 9.17) is 0 Å². The molecule has 1 unspecified atom stereocenters. The number of hydrogen-bond acceptors (Lipinski definition) is 1. The zero-order valence-electron chi connectivity index (χ0n) is 10.8. The van der Waals surface area contributed by atoms with Gasteiger partial charge in [0.2, 0.25) is 0 Å². The predicted molar refractivity (Wildman–Crippen MR) is 70.0 cm³/mol. The highest BCUT2D eigenvalue weighted by Gasteiger charge is 2.18. The van der Waals surface area contributed by atoms with Gasteiger partial charge in [-0.1, -0.05) is 51.7 Å². The van der Waals surface area contributed by atoms with Crippen molar-refractivity contribution in [2.75, 3.05) is 7.05 Å². The van der Waals surface area contributed by atoms with Crippen LogP contribution < -0.4 is 5.32 Å². The van der Waals surface area contributed by atoms with E-state index in [1.165, 1.54) is 0 Å². The zero-order chi connectivity index (χ0) is 11.9. The second kappa shape index (κ2) is 6.62. The maximum Gasteiger partial charge on any atom is 0.0316 e. The van der Waals surface area contributed by atoms with Crippen LogP contribution in [-0.2, 0) is 0 Å². The predicted octanol–water partition coefficient (Wildman–Crippen LogP) is 3.70. The van der Waals surface area contributed by atoms with Crippen LogP contribution in [0, 0.1) is 5.41 Å². The third kappa shape index (κ3) is 7.15. The van der Waals surface area contributed by atoms with Crippen molar-refractivity contribution >= 4 is 0 Å². The number of allylic oxidation sites excluding steroid dienone is 3. The van der Waals surface area contributed by atoms with Gasteiger partial charge in [-0.3, -0.25) is 0 Å². The van der Waals surface area contributed by atoms with Crippen molar-refractivity contribution in [3.63, 3.8) is 0 Å². The van der Waals surface area contributed by atoms with Crippen LogP contribution in [0.1, 0.15) is 34.1 Å². The Morgan fingerprint density at radius 2 is 1.93 bits per heavy atom. The summed E-state index contributed by atoms with van der Waals surface area (Å²) in [7, 11) is 1.99. The molecule has 0 bridgehead atoms. The normalized spacial score (nSPS) is 15.0. The van der Waals surface area contributed by atoms with Crippen LogP contribution in [0.25, 0.3) is 0 Å². The molecule has 1 heteroatoms. The number of likely N-dealkylation sites (N-methyl/N-ethyl adjacent to an activating group) is 1. The average Bonchev–Trinajstić information content (AvgIpc) is 2.13. The Hall–Kier alpha value is -0.820. The third-order valence-electron chi connectivity index (χ3n) is 2.23. The van der Waals surface area contributed by atoms with Gasteiger partial charge < -0.3 is 5.32 Å². The van der Waals surface area contributed by atoms with Gasteiger partial charge in [-0.25, -0.2) is 0 Å². The van der Waals surface area contributed by atoms with Gasteiger partial charge in [-0.05, 0) is 31.4 Å². The number of nitrogens with one attached hydrogen (secondary N) is 1. The van der Waals surface area contributed by atoms with E-state index < -0.39 is 0 Å². The maximum absolute atomic E-state index is 4.10. The molecule has 0 heterocycles. The maximum atomic E-state index is 4.10. The highest BCUT2D eigenvalue weighted by molar-refractivity contribution is 5.24. The highest BCUT2D eigenvalue weighted by Crippen LogP contribution is 2.23. The van der Waals surface area contributed by atoms with E-state index in [2.05, 4.69) is 38.7 Å². The minimum atomic E-state index is 0.324. The molecule has 0 saturated carbocycles. The summed E-state index contributed by atoms with van der Waals surface area (Å²) in [5.74, 6) is 0. The monoisotopic (exact) mass is 207 g/mol. The molecule has 0 radical (unpaired) electrons. The molecule has 0 aromatic rings. The molecule has 0 saturated heterocycles. The number of rotatable bonds is 5. The molecule has 1 nitrogen and oxygen atoms in total. The van der Waals surface area contributed by atoms with E-state index >= 15 is 0 Å². The first-order chi connectivity index (χ1) is 6.90. The topological polar surface area (TPSA) is 12.0 Å². The quantitative estimate of drug-likeness (QED) is 0.678. The Bertz CT molecular complexity index is 241. The van der Waals surface area contributed by atoms with E-state index in [0.717, 1.165) is 12.0 Å². The lowest BCUT2D eigenvalue weighted by atomic mass is 9.85. The van der Waals surface area contributed by atoms with Crippen LogP contribution in [0.15, 0.2) is 36.5 Å². The van der Waals surface area contributed by atoms with Gasteiger partial charge in [0.25, 0.3) is 0 Å². The first-order valence-electron chi connectivity index (χ1n) is 5.56. The smallest absolute Gasteiger partial charge is 0.0316 e. The van der Waals surface area contributed by atoms with Crippen LogP contribution in [-0.4, -0.2) is 13.1 Å².